The van der Waals surface area contributed by atoms with Gasteiger partial charge in [-0.05, 0) is 19.8 Å². The van der Waals surface area contributed by atoms with Crippen LogP contribution in [0.2, 0.25) is 0 Å². The number of anilines is 1. The lowest BCUT2D eigenvalue weighted by Crippen LogP contribution is -2.50. The Kier molecular flexibility index (Phi) is 12.8. The van der Waals surface area contributed by atoms with Crippen LogP contribution in [0, 0.1) is 6.92 Å². The van der Waals surface area contributed by atoms with Crippen molar-refractivity contribution >= 4 is 29.4 Å². The third-order valence-corrected chi connectivity index (χ3v) is 5.57. The van der Waals surface area contributed by atoms with Crippen molar-refractivity contribution in [3.8, 4) is 0 Å². The third-order valence-electron chi connectivity index (χ3n) is 5.57. The fourth-order valence-corrected chi connectivity index (χ4v) is 3.43. The second-order valence-corrected chi connectivity index (χ2v) is 8.75. The summed E-state index contributed by atoms with van der Waals surface area (Å²) < 4.78 is 109. The first-order chi connectivity index (χ1) is 20.0. The molecule has 2 amide bonds. The molecule has 3 rings (SSSR count). The van der Waals surface area contributed by atoms with Gasteiger partial charge in [0, 0.05) is 25.8 Å². The van der Waals surface area contributed by atoms with Crippen LogP contribution in [0.3, 0.4) is 0 Å². The van der Waals surface area contributed by atoms with Crippen molar-refractivity contribution in [3.63, 3.8) is 0 Å². The van der Waals surface area contributed by atoms with Crippen molar-refractivity contribution in [3.05, 3.63) is 35.5 Å². The lowest BCUT2D eigenvalue weighted by molar-refractivity contribution is -0.193. The van der Waals surface area contributed by atoms with E-state index in [9.17, 15) is 49.1 Å². The minimum atomic E-state index is -5.08. The van der Waals surface area contributed by atoms with Crippen molar-refractivity contribution in [1.29, 1.82) is 0 Å². The van der Waals surface area contributed by atoms with Gasteiger partial charge in [-0.3, -0.25) is 14.3 Å². The molecule has 1 aliphatic heterocycles. The van der Waals surface area contributed by atoms with Crippen molar-refractivity contribution < 1.29 is 73.3 Å². The van der Waals surface area contributed by atoms with Gasteiger partial charge in [-0.25, -0.2) is 9.59 Å². The molecule has 2 aromatic heterocycles. The maximum Gasteiger partial charge on any atom is 0.490 e. The topological polar surface area (TPSA) is 207 Å². The van der Waals surface area contributed by atoms with Crippen molar-refractivity contribution in [2.24, 2.45) is 11.5 Å². The third kappa shape index (κ3) is 11.1. The van der Waals surface area contributed by atoms with E-state index in [4.69, 9.17) is 35.7 Å². The van der Waals surface area contributed by atoms with Crippen LogP contribution in [0.5, 0.6) is 0 Å². The summed E-state index contributed by atoms with van der Waals surface area (Å²) >= 11 is 0. The minimum Gasteiger partial charge on any atom is -0.475 e. The van der Waals surface area contributed by atoms with Gasteiger partial charge in [0.2, 0.25) is 5.91 Å². The Hall–Kier alpha value is -4.34. The minimum absolute atomic E-state index is 0.0183. The van der Waals surface area contributed by atoms with E-state index >= 15 is 0 Å². The molecule has 13 nitrogen and oxygen atoms in total. The first-order valence-electron chi connectivity index (χ1n) is 11.9. The molecular formula is C22H25F9N6O7. The lowest BCUT2D eigenvalue weighted by atomic mass is 10.0. The van der Waals surface area contributed by atoms with E-state index in [0.29, 0.717) is 32.2 Å². The quantitative estimate of drug-likeness (QED) is 0.298. The number of aromatic nitrogens is 2. The number of rotatable bonds is 5. The van der Waals surface area contributed by atoms with Crippen molar-refractivity contribution in [2.75, 3.05) is 25.0 Å². The van der Waals surface area contributed by atoms with E-state index in [1.54, 1.807) is 15.8 Å². The number of carbonyl (C=O) groups is 4. The first kappa shape index (κ1) is 37.7. The monoisotopic (exact) mass is 656 g/mol. The average Bonchev–Trinajstić information content (AvgIpc) is 3.54. The normalized spacial score (nSPS) is 14.9. The highest BCUT2D eigenvalue weighted by molar-refractivity contribution is 6.06. The van der Waals surface area contributed by atoms with E-state index < -0.39 is 53.5 Å². The summed E-state index contributed by atoms with van der Waals surface area (Å²) in [6, 6.07) is -0.740. The van der Waals surface area contributed by atoms with Crippen LogP contribution in [-0.4, -0.2) is 86.7 Å². The highest BCUT2D eigenvalue weighted by Gasteiger charge is 2.40. The summed E-state index contributed by atoms with van der Waals surface area (Å²) in [5.74, 6) is -6.76. The first-order valence-corrected chi connectivity index (χ1v) is 11.9. The molecule has 22 heteroatoms. The van der Waals surface area contributed by atoms with Crippen LogP contribution in [-0.2, 0) is 20.6 Å². The largest absolute Gasteiger partial charge is 0.490 e. The molecule has 0 aromatic carbocycles. The number of carboxylic acids is 2. The Labute approximate surface area is 240 Å². The van der Waals surface area contributed by atoms with Gasteiger partial charge in [0.15, 0.2) is 0 Å². The second kappa shape index (κ2) is 14.9. The summed E-state index contributed by atoms with van der Waals surface area (Å²) in [6.07, 6.45) is -10.2. The van der Waals surface area contributed by atoms with E-state index in [-0.39, 0.29) is 29.9 Å². The number of nitrogens with two attached hydrogens (primary N) is 2. The zero-order valence-electron chi connectivity index (χ0n) is 22.3. The fourth-order valence-electron chi connectivity index (χ4n) is 3.43. The lowest BCUT2D eigenvalue weighted by Gasteiger charge is -2.33. The van der Waals surface area contributed by atoms with Gasteiger partial charge in [0.05, 0.1) is 29.5 Å². The van der Waals surface area contributed by atoms with E-state index in [1.807, 2.05) is 0 Å². The van der Waals surface area contributed by atoms with Gasteiger partial charge in [-0.1, -0.05) is 0 Å². The Bertz CT molecular complexity index is 1270. The zero-order valence-corrected chi connectivity index (χ0v) is 22.3. The maximum absolute atomic E-state index is 13.1. The predicted molar refractivity (Wildman–Crippen MR) is 128 cm³/mol. The molecule has 2 aromatic rings. The van der Waals surface area contributed by atoms with Crippen LogP contribution in [0.4, 0.5) is 45.2 Å². The van der Waals surface area contributed by atoms with Gasteiger partial charge < -0.3 is 36.3 Å². The van der Waals surface area contributed by atoms with Gasteiger partial charge >= 0.3 is 30.5 Å². The number of likely N-dealkylation sites (tertiary alicyclic amines) is 1. The van der Waals surface area contributed by atoms with Gasteiger partial charge in [0.25, 0.3) is 5.91 Å². The van der Waals surface area contributed by atoms with Gasteiger partial charge in [0.1, 0.15) is 17.6 Å². The van der Waals surface area contributed by atoms with Crippen LogP contribution in [0.25, 0.3) is 0 Å². The number of piperidine rings is 1. The number of amides is 2. The summed E-state index contributed by atoms with van der Waals surface area (Å²) in [5, 5.41) is 20.9. The van der Waals surface area contributed by atoms with E-state index in [0.717, 1.165) is 0 Å². The zero-order chi connectivity index (χ0) is 34.2. The number of alkyl halides is 9. The number of aliphatic carboxylic acids is 2. The molecule has 248 valence electrons. The number of nitrogens with zero attached hydrogens (tertiary/aromatic N) is 3. The molecule has 0 aliphatic carbocycles. The number of carbonyl (C=O) groups excluding carboxylic acids is 2. The van der Waals surface area contributed by atoms with E-state index in [1.165, 1.54) is 13.1 Å². The Morgan fingerprint density at radius 3 is 1.91 bits per heavy atom. The number of carboxylic acid groups (broad SMARTS) is 2. The van der Waals surface area contributed by atoms with Gasteiger partial charge in [-0.2, -0.15) is 44.6 Å². The van der Waals surface area contributed by atoms with Gasteiger partial charge in [-0.15, -0.1) is 0 Å². The van der Waals surface area contributed by atoms with Crippen LogP contribution in [0.1, 0.15) is 40.6 Å². The van der Waals surface area contributed by atoms with Crippen LogP contribution >= 0.6 is 0 Å². The molecule has 1 aliphatic rings. The number of furan rings is 1. The standard InChI is InChI=1S/C18H23F3N6O3.2C2HF3O2/c1-10-15(13(9-30-10)18(19,20)21)16(28)25-11-7-24-27(8-11)12-2-4-26(5-3-12)17(29)14(23)6-22;2*3-2(4,5)1(6)7/h7-9,12,14H,2-6,22-23H2,1H3,(H,25,28);2*(H,6,7)/t14-;;/m0../s1. The van der Waals surface area contributed by atoms with Crippen LogP contribution < -0.4 is 16.8 Å². The fraction of sp³-hybridized carbons (Fsp3) is 0.500. The molecular weight excluding hydrogens is 631 g/mol. The molecule has 0 spiro atoms. The molecule has 1 atom stereocenters. The molecule has 0 radical (unpaired) electrons. The smallest absolute Gasteiger partial charge is 0.475 e. The summed E-state index contributed by atoms with van der Waals surface area (Å²) in [5.41, 5.74) is 9.69. The second-order valence-electron chi connectivity index (χ2n) is 8.75. The number of aryl methyl sites for hydroxylation is 1. The molecule has 1 saturated heterocycles. The molecule has 0 unspecified atom stereocenters. The number of nitrogens with one attached hydrogen (secondary N) is 1. The Morgan fingerprint density at radius 2 is 1.50 bits per heavy atom. The molecule has 44 heavy (non-hydrogen) atoms. The van der Waals surface area contributed by atoms with E-state index in [2.05, 4.69) is 10.4 Å². The molecule has 3 heterocycles. The summed E-state index contributed by atoms with van der Waals surface area (Å²) in [7, 11) is 0. The Morgan fingerprint density at radius 1 is 1.02 bits per heavy atom. The highest BCUT2D eigenvalue weighted by Crippen LogP contribution is 2.35. The van der Waals surface area contributed by atoms with Crippen molar-refractivity contribution in [2.45, 2.75) is 50.4 Å². The number of hydrogen-bond donors (Lipinski definition) is 5. The number of hydrogen-bond acceptors (Lipinski definition) is 8. The number of halogens is 9. The van der Waals surface area contributed by atoms with Crippen molar-refractivity contribution in [1.82, 2.24) is 14.7 Å². The van der Waals surface area contributed by atoms with Crippen LogP contribution in [0.15, 0.2) is 23.1 Å². The molecule has 0 bridgehead atoms. The maximum atomic E-state index is 13.1. The Balaban J connectivity index is 0.000000574. The molecule has 0 saturated carbocycles. The highest BCUT2D eigenvalue weighted by atomic mass is 19.4. The summed E-state index contributed by atoms with van der Waals surface area (Å²) in [4.78, 5) is 43.9. The predicted octanol–water partition coefficient (Wildman–Crippen LogP) is 2.77. The SMILES string of the molecule is Cc1occ(C(F)(F)F)c1C(=O)Nc1cnn(C2CCN(C(=O)[C@@H](N)CN)CC2)c1.O=C(O)C(F)(F)F.O=C(O)C(F)(F)F. The average molecular weight is 656 g/mol. The molecule has 1 fully saturated rings. The molecule has 7 N–H and O–H groups in total. The summed E-state index contributed by atoms with van der Waals surface area (Å²) in [6.45, 7) is 2.34.